The van der Waals surface area contributed by atoms with Crippen molar-refractivity contribution >= 4 is 5.97 Å². The topological polar surface area (TPSA) is 29.5 Å². The lowest BCUT2D eigenvalue weighted by atomic mass is 9.84. The normalized spacial score (nSPS) is 24.6. The Morgan fingerprint density at radius 1 is 0.950 bits per heavy atom. The number of carbonyl (C=O) groups excluding carboxylic acids is 1. The van der Waals surface area contributed by atoms with Gasteiger partial charge in [-0.1, -0.05) is 38.5 Å². The highest BCUT2D eigenvalue weighted by Gasteiger charge is 2.39. The molecule has 0 aromatic carbocycles. The number of likely N-dealkylation sites (tertiary alicyclic amines) is 1. The molecule has 2 aliphatic rings. The van der Waals surface area contributed by atoms with E-state index < -0.39 is 0 Å². The van der Waals surface area contributed by atoms with Gasteiger partial charge in [-0.25, -0.2) is 0 Å². The first kappa shape index (κ1) is 15.8. The van der Waals surface area contributed by atoms with Gasteiger partial charge in [-0.05, 0) is 45.7 Å². The minimum atomic E-state index is 0.0126. The Hall–Kier alpha value is -0.570. The summed E-state index contributed by atoms with van der Waals surface area (Å²) in [4.78, 5) is 14.8. The molecule has 1 aliphatic heterocycles. The van der Waals surface area contributed by atoms with E-state index >= 15 is 0 Å². The van der Waals surface area contributed by atoms with E-state index in [0.29, 0.717) is 13.0 Å². The molecule has 1 saturated heterocycles. The van der Waals surface area contributed by atoms with Gasteiger partial charge in [0.2, 0.25) is 0 Å². The number of hydrogen-bond acceptors (Lipinski definition) is 3. The average Bonchev–Trinajstić information content (AvgIpc) is 2.82. The monoisotopic (exact) mass is 281 g/mol. The van der Waals surface area contributed by atoms with Crippen molar-refractivity contribution in [1.82, 2.24) is 4.90 Å². The third kappa shape index (κ3) is 4.21. The van der Waals surface area contributed by atoms with Crippen molar-refractivity contribution in [2.24, 2.45) is 0 Å². The number of rotatable bonds is 4. The van der Waals surface area contributed by atoms with Gasteiger partial charge in [0.1, 0.15) is 0 Å². The molecule has 3 heteroatoms. The molecule has 116 valence electrons. The minimum absolute atomic E-state index is 0.0126. The Labute approximate surface area is 124 Å². The molecule has 1 heterocycles. The molecular formula is C17H31NO2. The van der Waals surface area contributed by atoms with E-state index in [4.69, 9.17) is 4.74 Å². The molecule has 0 unspecified atom stereocenters. The van der Waals surface area contributed by atoms with Crippen LogP contribution in [0.2, 0.25) is 0 Å². The summed E-state index contributed by atoms with van der Waals surface area (Å²) < 4.78 is 5.27. The summed E-state index contributed by atoms with van der Waals surface area (Å²) >= 11 is 0. The van der Waals surface area contributed by atoms with Crippen LogP contribution in [-0.2, 0) is 9.53 Å². The Morgan fingerprint density at radius 2 is 1.50 bits per heavy atom. The summed E-state index contributed by atoms with van der Waals surface area (Å²) in [6.45, 7) is 4.78. The molecule has 0 amide bonds. The highest BCUT2D eigenvalue weighted by Crippen LogP contribution is 2.37. The van der Waals surface area contributed by atoms with Crippen LogP contribution in [0.15, 0.2) is 0 Å². The van der Waals surface area contributed by atoms with Crippen LogP contribution in [0.25, 0.3) is 0 Å². The second kappa shape index (κ2) is 8.02. The lowest BCUT2D eigenvalue weighted by molar-refractivity contribution is -0.147. The summed E-state index contributed by atoms with van der Waals surface area (Å²) in [6, 6.07) is 0. The maximum Gasteiger partial charge on any atom is 0.307 e. The van der Waals surface area contributed by atoms with Crippen molar-refractivity contribution in [2.75, 3.05) is 19.7 Å². The Balaban J connectivity index is 2.10. The molecule has 0 bridgehead atoms. The molecule has 0 N–H and O–H groups in total. The van der Waals surface area contributed by atoms with Gasteiger partial charge in [-0.3, -0.25) is 9.69 Å². The molecule has 1 saturated carbocycles. The zero-order valence-corrected chi connectivity index (χ0v) is 13.2. The van der Waals surface area contributed by atoms with Crippen molar-refractivity contribution in [1.29, 1.82) is 0 Å². The smallest absolute Gasteiger partial charge is 0.307 e. The van der Waals surface area contributed by atoms with Crippen LogP contribution in [0.5, 0.6) is 0 Å². The minimum Gasteiger partial charge on any atom is -0.466 e. The molecule has 0 atom stereocenters. The van der Waals surface area contributed by atoms with Gasteiger partial charge in [-0.2, -0.15) is 0 Å². The van der Waals surface area contributed by atoms with Crippen molar-refractivity contribution < 1.29 is 9.53 Å². The molecule has 0 spiro atoms. The molecule has 2 fully saturated rings. The fraction of sp³-hybridized carbons (Fsp3) is 0.941. The van der Waals surface area contributed by atoms with E-state index in [1.165, 1.54) is 77.3 Å². The Bertz CT molecular complexity index is 287. The van der Waals surface area contributed by atoms with Crippen LogP contribution in [-0.4, -0.2) is 36.1 Å². The van der Waals surface area contributed by atoms with E-state index in [2.05, 4.69) is 4.90 Å². The van der Waals surface area contributed by atoms with Gasteiger partial charge in [0.05, 0.1) is 13.0 Å². The van der Waals surface area contributed by atoms with Crippen LogP contribution < -0.4 is 0 Å². The zero-order valence-electron chi connectivity index (χ0n) is 13.2. The van der Waals surface area contributed by atoms with Crippen molar-refractivity contribution in [2.45, 2.75) is 83.1 Å². The SMILES string of the molecule is CCOC(=O)CC1(N2CCCCCC2)CCCCCC1. The van der Waals surface area contributed by atoms with Crippen LogP contribution in [0, 0.1) is 0 Å². The maximum atomic E-state index is 12.1. The van der Waals surface area contributed by atoms with E-state index in [-0.39, 0.29) is 11.5 Å². The molecular weight excluding hydrogens is 250 g/mol. The van der Waals surface area contributed by atoms with Crippen LogP contribution in [0.1, 0.15) is 77.6 Å². The number of esters is 1. The molecule has 0 radical (unpaired) electrons. The molecule has 3 nitrogen and oxygen atoms in total. The maximum absolute atomic E-state index is 12.1. The van der Waals surface area contributed by atoms with Gasteiger partial charge in [0.25, 0.3) is 0 Å². The van der Waals surface area contributed by atoms with Crippen molar-refractivity contribution in [3.8, 4) is 0 Å². The number of nitrogens with zero attached hydrogens (tertiary/aromatic N) is 1. The molecule has 2 rings (SSSR count). The van der Waals surface area contributed by atoms with Gasteiger partial charge in [0.15, 0.2) is 0 Å². The summed E-state index contributed by atoms with van der Waals surface area (Å²) in [7, 11) is 0. The first-order valence-corrected chi connectivity index (χ1v) is 8.67. The number of ether oxygens (including phenoxy) is 1. The fourth-order valence-corrected chi connectivity index (χ4v) is 4.02. The van der Waals surface area contributed by atoms with Crippen LogP contribution in [0.4, 0.5) is 0 Å². The van der Waals surface area contributed by atoms with E-state index in [1.54, 1.807) is 0 Å². The Morgan fingerprint density at radius 3 is 2.05 bits per heavy atom. The number of hydrogen-bond donors (Lipinski definition) is 0. The summed E-state index contributed by atoms with van der Waals surface area (Å²) in [6.07, 6.45) is 13.5. The van der Waals surface area contributed by atoms with E-state index in [0.717, 1.165) is 0 Å². The van der Waals surface area contributed by atoms with Crippen LogP contribution in [0.3, 0.4) is 0 Å². The summed E-state index contributed by atoms with van der Waals surface area (Å²) in [5.41, 5.74) is 0.104. The standard InChI is InChI=1S/C17H31NO2/c1-2-20-16(19)15-17(11-7-3-4-8-12-17)18-13-9-5-6-10-14-18/h2-15H2,1H3. The van der Waals surface area contributed by atoms with E-state index in [9.17, 15) is 4.79 Å². The second-order valence-electron chi connectivity index (χ2n) is 6.52. The quantitative estimate of drug-likeness (QED) is 0.578. The van der Waals surface area contributed by atoms with Crippen molar-refractivity contribution in [3.63, 3.8) is 0 Å². The predicted molar refractivity (Wildman–Crippen MR) is 81.7 cm³/mol. The van der Waals surface area contributed by atoms with Gasteiger partial charge in [0, 0.05) is 5.54 Å². The Kier molecular flexibility index (Phi) is 6.34. The van der Waals surface area contributed by atoms with Gasteiger partial charge >= 0.3 is 5.97 Å². The third-order valence-corrected chi connectivity index (χ3v) is 5.09. The fourth-order valence-electron chi connectivity index (χ4n) is 4.02. The first-order chi connectivity index (χ1) is 9.77. The predicted octanol–water partition coefficient (Wildman–Crippen LogP) is 3.91. The number of carbonyl (C=O) groups is 1. The highest BCUT2D eigenvalue weighted by molar-refractivity contribution is 5.71. The summed E-state index contributed by atoms with van der Waals surface area (Å²) in [5.74, 6) is 0.0126. The van der Waals surface area contributed by atoms with Gasteiger partial charge < -0.3 is 4.74 Å². The van der Waals surface area contributed by atoms with Crippen molar-refractivity contribution in [3.05, 3.63) is 0 Å². The lowest BCUT2D eigenvalue weighted by Crippen LogP contribution is -2.50. The molecule has 1 aliphatic carbocycles. The molecule has 20 heavy (non-hydrogen) atoms. The lowest BCUT2D eigenvalue weighted by Gasteiger charge is -2.43. The zero-order chi connectivity index (χ0) is 14.3. The van der Waals surface area contributed by atoms with Gasteiger partial charge in [-0.15, -0.1) is 0 Å². The molecule has 0 aromatic rings. The largest absolute Gasteiger partial charge is 0.466 e. The first-order valence-electron chi connectivity index (χ1n) is 8.67. The second-order valence-corrected chi connectivity index (χ2v) is 6.52. The average molecular weight is 281 g/mol. The van der Waals surface area contributed by atoms with E-state index in [1.807, 2.05) is 6.92 Å². The van der Waals surface area contributed by atoms with Crippen LogP contribution >= 0.6 is 0 Å². The summed E-state index contributed by atoms with van der Waals surface area (Å²) in [5, 5.41) is 0. The third-order valence-electron chi connectivity index (χ3n) is 5.09. The molecule has 0 aromatic heterocycles. The highest BCUT2D eigenvalue weighted by atomic mass is 16.5.